The van der Waals surface area contributed by atoms with Crippen LogP contribution in [0.15, 0.2) is 60.7 Å². The van der Waals surface area contributed by atoms with Crippen LogP contribution in [0, 0.1) is 0 Å². The van der Waals surface area contributed by atoms with Crippen molar-refractivity contribution in [3.63, 3.8) is 0 Å². The van der Waals surface area contributed by atoms with E-state index in [0.717, 1.165) is 11.4 Å². The van der Waals surface area contributed by atoms with Gasteiger partial charge in [-0.05, 0) is 24.3 Å². The van der Waals surface area contributed by atoms with Crippen molar-refractivity contribution >= 4 is 83.9 Å². The fourth-order valence-electron chi connectivity index (χ4n) is 1.51. The average molecular weight is 344 g/mol. The third kappa shape index (κ3) is 7.59. The fraction of sp³-hybridized carbons (Fsp3) is 0. The van der Waals surface area contributed by atoms with Gasteiger partial charge in [0.1, 0.15) is 0 Å². The fourth-order valence-corrected chi connectivity index (χ4v) is 1.72. The van der Waals surface area contributed by atoms with E-state index in [-0.39, 0.29) is 37.7 Å². The molecule has 104 valence electrons. The van der Waals surface area contributed by atoms with Crippen LogP contribution in [0.25, 0.3) is 0 Å². The molecule has 21 heavy (non-hydrogen) atoms. The molecule has 4 nitrogen and oxygen atoms in total. The predicted molar refractivity (Wildman–Crippen MR) is 90.2 cm³/mol. The number of anilines is 2. The molecule has 0 aliphatic heterocycles. The van der Waals surface area contributed by atoms with Gasteiger partial charge in [-0.2, -0.15) is 0 Å². The normalized spacial score (nSPS) is 8.57. The molecule has 0 atom stereocenters. The smallest absolute Gasteiger partial charge is 0.852 e. The third-order valence-corrected chi connectivity index (χ3v) is 2.39. The van der Waals surface area contributed by atoms with Gasteiger partial charge in [-0.15, -0.1) is 0 Å². The van der Waals surface area contributed by atoms with Crippen LogP contribution in [-0.2, 0) is 0 Å². The van der Waals surface area contributed by atoms with Crippen molar-refractivity contribution in [2.45, 2.75) is 0 Å². The summed E-state index contributed by atoms with van der Waals surface area (Å²) in [6.07, 6.45) is 0. The molecular weight excluding hydrogens is 332 g/mol. The molecule has 7 heteroatoms. The maximum absolute atomic E-state index is 11.5. The van der Waals surface area contributed by atoms with Crippen molar-refractivity contribution in [3.05, 3.63) is 60.7 Å². The molecule has 0 fully saturated rings. The van der Waals surface area contributed by atoms with Crippen molar-refractivity contribution in [1.29, 1.82) is 0 Å². The molecule has 0 aliphatic carbocycles. The summed E-state index contributed by atoms with van der Waals surface area (Å²) in [5.74, 6) is 0. The Balaban J connectivity index is 0.000000715. The summed E-state index contributed by atoms with van der Waals surface area (Å²) in [5, 5.41) is 19.4. The van der Waals surface area contributed by atoms with E-state index in [1.165, 1.54) is 4.90 Å². The Morgan fingerprint density at radius 1 is 0.810 bits per heavy atom. The summed E-state index contributed by atoms with van der Waals surface area (Å²) < 4.78 is 0. The molecule has 0 spiro atoms. The van der Waals surface area contributed by atoms with E-state index in [2.05, 4.69) is 18.0 Å². The Morgan fingerprint density at radius 2 is 1.10 bits per heavy atom. The first-order valence-electron chi connectivity index (χ1n) is 5.60. The number of hydrogen-bond donors (Lipinski definition) is 1. The van der Waals surface area contributed by atoms with E-state index in [4.69, 9.17) is 17.3 Å². The topological polar surface area (TPSA) is 75.4 Å². The first-order valence-corrected chi connectivity index (χ1v) is 6.41. The average Bonchev–Trinajstić information content (AvgIpc) is 2.40. The number of nitrogens with two attached hydrogens (primary N) is 1. The van der Waals surface area contributed by atoms with Gasteiger partial charge in [0.15, 0.2) is 0 Å². The molecule has 0 heterocycles. The van der Waals surface area contributed by atoms with Crippen molar-refractivity contribution in [2.75, 3.05) is 4.90 Å². The summed E-state index contributed by atoms with van der Waals surface area (Å²) >= 11 is 8.51. The van der Waals surface area contributed by atoms with Gasteiger partial charge in [-0.25, -0.2) is 0 Å². The Morgan fingerprint density at radius 3 is 1.33 bits per heavy atom. The molecule has 2 N–H and O–H groups in total. The molecular formula is C14H12CaN2O2S2. The summed E-state index contributed by atoms with van der Waals surface area (Å²) in [6.45, 7) is 0. The molecule has 0 aliphatic rings. The van der Waals surface area contributed by atoms with E-state index < -0.39 is 10.3 Å². The van der Waals surface area contributed by atoms with Gasteiger partial charge in [-0.1, -0.05) is 60.8 Å². The van der Waals surface area contributed by atoms with Gasteiger partial charge in [-0.3, -0.25) is 0 Å². The second-order valence-corrected chi connectivity index (χ2v) is 4.34. The second kappa shape index (κ2) is 10.8. The summed E-state index contributed by atoms with van der Waals surface area (Å²) in [4.78, 5) is 1.51. The Labute approximate surface area is 164 Å². The Kier molecular flexibility index (Phi) is 10.3. The van der Waals surface area contributed by atoms with E-state index in [1.54, 1.807) is 0 Å². The second-order valence-electron chi connectivity index (χ2n) is 3.59. The van der Waals surface area contributed by atoms with Crippen LogP contribution in [0.4, 0.5) is 11.4 Å². The Bertz CT molecular complexity index is 524. The van der Waals surface area contributed by atoms with Crippen molar-refractivity contribution < 1.29 is 10.2 Å². The van der Waals surface area contributed by atoms with Crippen molar-refractivity contribution in [2.24, 2.45) is 5.73 Å². The van der Waals surface area contributed by atoms with Gasteiger partial charge >= 0.3 is 37.7 Å². The minimum absolute atomic E-state index is 0. The van der Waals surface area contributed by atoms with Gasteiger partial charge in [0, 0.05) is 21.7 Å². The molecule has 0 bridgehead atoms. The largest absolute Gasteiger partial charge is 2.00 e. The van der Waals surface area contributed by atoms with Crippen LogP contribution in [0.1, 0.15) is 0 Å². The van der Waals surface area contributed by atoms with Crippen LogP contribution in [0.3, 0.4) is 0 Å². The van der Waals surface area contributed by atoms with Crippen molar-refractivity contribution in [1.82, 2.24) is 0 Å². The molecule has 0 radical (unpaired) electrons. The number of nitrogens with zero attached hydrogens (tertiary/aromatic N) is 1. The zero-order chi connectivity index (χ0) is 15.0. The summed E-state index contributed by atoms with van der Waals surface area (Å²) in [7, 11) is 0. The molecule has 0 saturated carbocycles. The maximum atomic E-state index is 11.5. The van der Waals surface area contributed by atoms with Crippen LogP contribution in [0.2, 0.25) is 0 Å². The van der Waals surface area contributed by atoms with E-state index >= 15 is 0 Å². The molecule has 0 unspecified atom stereocenters. The maximum Gasteiger partial charge on any atom is 2.00 e. The van der Waals surface area contributed by atoms with E-state index in [1.807, 2.05) is 60.7 Å². The quantitative estimate of drug-likeness (QED) is 0.638. The minimum Gasteiger partial charge on any atom is -0.852 e. The monoisotopic (exact) mass is 344 g/mol. The standard InChI is InChI=1S/C13H11NOS.CH3NOS.Ca/c15-13(16)14(11-7-3-1-4-8-11)12-9-5-2-6-10-12;2-1(3)4;/h1-10H,(H,15,16);(H3,2,3,4);/q;;+2/p-2. The predicted octanol–water partition coefficient (Wildman–Crippen LogP) is 0.679. The number of thiocarbonyl (C=S) groups is 2. The van der Waals surface area contributed by atoms with Crippen LogP contribution < -0.4 is 20.8 Å². The minimum atomic E-state index is -0.750. The number of benzene rings is 2. The number of para-hydroxylation sites is 2. The Hall–Kier alpha value is -0.920. The number of hydrogen-bond acceptors (Lipinski definition) is 4. The van der Waals surface area contributed by atoms with Gasteiger partial charge < -0.3 is 20.8 Å². The van der Waals surface area contributed by atoms with Crippen LogP contribution in [0.5, 0.6) is 0 Å². The zero-order valence-electron chi connectivity index (χ0n) is 11.1. The van der Waals surface area contributed by atoms with E-state index in [0.29, 0.717) is 0 Å². The molecule has 0 aromatic heterocycles. The van der Waals surface area contributed by atoms with Crippen LogP contribution >= 0.6 is 24.4 Å². The third-order valence-electron chi connectivity index (χ3n) is 2.21. The van der Waals surface area contributed by atoms with Gasteiger partial charge in [0.05, 0.1) is 0 Å². The molecule has 2 aromatic rings. The molecule has 0 saturated heterocycles. The molecule has 2 rings (SSSR count). The summed E-state index contributed by atoms with van der Waals surface area (Å²) in [6, 6.07) is 18.8. The van der Waals surface area contributed by atoms with Crippen LogP contribution in [-0.4, -0.2) is 48.1 Å². The SMILES string of the molecule is NC([O-])=S.[Ca+2].[O-]C(=S)N(c1ccccc1)c1ccccc1. The molecule has 2 aromatic carbocycles. The van der Waals surface area contributed by atoms with Gasteiger partial charge in [0.25, 0.3) is 0 Å². The van der Waals surface area contributed by atoms with E-state index in [9.17, 15) is 5.11 Å². The van der Waals surface area contributed by atoms with Gasteiger partial charge in [0.2, 0.25) is 0 Å². The first kappa shape index (κ1) is 20.1. The summed E-state index contributed by atoms with van der Waals surface area (Å²) in [5.41, 5.74) is 5.86. The zero-order valence-corrected chi connectivity index (χ0v) is 15.0. The number of rotatable bonds is 2. The first-order chi connectivity index (χ1) is 9.52. The van der Waals surface area contributed by atoms with Crippen molar-refractivity contribution in [3.8, 4) is 0 Å². The molecule has 0 amide bonds.